The zero-order valence-corrected chi connectivity index (χ0v) is 19.7. The lowest BCUT2D eigenvalue weighted by atomic mass is 9.81. The van der Waals surface area contributed by atoms with Crippen LogP contribution in [-0.4, -0.2) is 63.6 Å². The molecule has 8 nitrogen and oxygen atoms in total. The van der Waals surface area contributed by atoms with Gasteiger partial charge < -0.3 is 25.7 Å². The van der Waals surface area contributed by atoms with Gasteiger partial charge in [-0.2, -0.15) is 13.2 Å². The summed E-state index contributed by atoms with van der Waals surface area (Å²) < 4.78 is 38.8. The van der Waals surface area contributed by atoms with Crippen molar-refractivity contribution in [3.63, 3.8) is 0 Å². The van der Waals surface area contributed by atoms with Crippen molar-refractivity contribution in [2.24, 2.45) is 0 Å². The number of hydrogen-bond acceptors (Lipinski definition) is 7. The summed E-state index contributed by atoms with van der Waals surface area (Å²) in [5.74, 6) is -1.07. The van der Waals surface area contributed by atoms with Crippen molar-refractivity contribution in [2.45, 2.75) is 56.2 Å². The molecule has 1 saturated carbocycles. The third-order valence-corrected chi connectivity index (χ3v) is 7.75. The summed E-state index contributed by atoms with van der Waals surface area (Å²) in [4.78, 5) is 32.2. The highest BCUT2D eigenvalue weighted by Crippen LogP contribution is 2.40. The van der Waals surface area contributed by atoms with Crippen molar-refractivity contribution in [3.05, 3.63) is 51.5 Å². The molecule has 1 aliphatic heterocycles. The van der Waals surface area contributed by atoms with Crippen LogP contribution in [0.25, 0.3) is 0 Å². The summed E-state index contributed by atoms with van der Waals surface area (Å²) in [6.07, 6.45) is -1.15. The first-order chi connectivity index (χ1) is 16.6. The number of carbonyl (C=O) groups excluding carboxylic acids is 2. The van der Waals surface area contributed by atoms with Gasteiger partial charge in [0.05, 0.1) is 29.6 Å². The van der Waals surface area contributed by atoms with Gasteiger partial charge in [-0.15, -0.1) is 11.3 Å². The summed E-state index contributed by atoms with van der Waals surface area (Å²) in [6.45, 7) is 0.749. The van der Waals surface area contributed by atoms with E-state index in [1.165, 1.54) is 17.4 Å². The van der Waals surface area contributed by atoms with Crippen LogP contribution in [0.2, 0.25) is 0 Å². The molecule has 1 aromatic carbocycles. The van der Waals surface area contributed by atoms with E-state index in [4.69, 9.17) is 0 Å². The van der Waals surface area contributed by atoms with Crippen LogP contribution in [0.4, 0.5) is 13.2 Å². The number of aliphatic hydroxyl groups excluding tert-OH is 1. The average Bonchev–Trinajstić information content (AvgIpc) is 3.30. The Labute approximate surface area is 204 Å². The molecule has 0 spiro atoms. The summed E-state index contributed by atoms with van der Waals surface area (Å²) >= 11 is 1.27. The molecule has 4 N–H and O–H groups in total. The van der Waals surface area contributed by atoms with Crippen molar-refractivity contribution in [3.8, 4) is 0 Å². The van der Waals surface area contributed by atoms with Crippen LogP contribution in [0.1, 0.15) is 51.5 Å². The molecule has 2 amide bonds. The van der Waals surface area contributed by atoms with Gasteiger partial charge in [0, 0.05) is 30.9 Å². The van der Waals surface area contributed by atoms with E-state index in [1.54, 1.807) is 11.1 Å². The SMILES string of the molecule is O=C(NCC(=O)N(C1CCC(O)(c2ncc(CO)s2)CC1)C1CNC1)c1cccc(C(F)(F)F)c1. The van der Waals surface area contributed by atoms with Crippen LogP contribution in [-0.2, 0) is 23.2 Å². The number of nitrogens with one attached hydrogen (secondary N) is 2. The lowest BCUT2D eigenvalue weighted by Gasteiger charge is -2.46. The van der Waals surface area contributed by atoms with Crippen LogP contribution in [0, 0.1) is 0 Å². The molecular weight excluding hydrogens is 485 g/mol. The lowest BCUT2D eigenvalue weighted by molar-refractivity contribution is -0.139. The number of thiazole rings is 1. The topological polar surface area (TPSA) is 115 Å². The minimum Gasteiger partial charge on any atom is -0.391 e. The van der Waals surface area contributed by atoms with Gasteiger partial charge in [-0.05, 0) is 43.9 Å². The van der Waals surface area contributed by atoms with Crippen molar-refractivity contribution in [1.82, 2.24) is 20.5 Å². The van der Waals surface area contributed by atoms with Crippen molar-refractivity contribution < 1.29 is 33.0 Å². The van der Waals surface area contributed by atoms with Gasteiger partial charge in [0.25, 0.3) is 5.91 Å². The summed E-state index contributed by atoms with van der Waals surface area (Å²) in [6, 6.07) is 3.87. The first kappa shape index (κ1) is 25.5. The minimum atomic E-state index is -4.57. The maximum Gasteiger partial charge on any atom is 0.416 e. The highest BCUT2D eigenvalue weighted by atomic mass is 32.1. The molecule has 2 aliphatic rings. The Morgan fingerprint density at radius 2 is 1.94 bits per heavy atom. The fraction of sp³-hybridized carbons (Fsp3) is 0.522. The summed E-state index contributed by atoms with van der Waals surface area (Å²) in [5.41, 5.74) is -2.21. The Hall–Kier alpha value is -2.54. The zero-order chi connectivity index (χ0) is 25.2. The van der Waals surface area contributed by atoms with E-state index in [-0.39, 0.29) is 36.7 Å². The Morgan fingerprint density at radius 3 is 2.51 bits per heavy atom. The Balaban J connectivity index is 1.38. The van der Waals surface area contributed by atoms with E-state index in [1.807, 2.05) is 0 Å². The highest BCUT2D eigenvalue weighted by Gasteiger charge is 2.42. The summed E-state index contributed by atoms with van der Waals surface area (Å²) in [7, 11) is 0. The van der Waals surface area contributed by atoms with Gasteiger partial charge in [0.15, 0.2) is 0 Å². The predicted molar refractivity (Wildman–Crippen MR) is 121 cm³/mol. The van der Waals surface area contributed by atoms with Gasteiger partial charge in [-0.1, -0.05) is 6.07 Å². The normalized spacial score (nSPS) is 22.9. The number of hydrogen-bond donors (Lipinski definition) is 4. The van der Waals surface area contributed by atoms with E-state index in [2.05, 4.69) is 15.6 Å². The number of rotatable bonds is 7. The first-order valence-corrected chi connectivity index (χ1v) is 12.2. The number of benzene rings is 1. The number of carbonyl (C=O) groups is 2. The number of amides is 2. The number of aliphatic hydroxyl groups is 2. The van der Waals surface area contributed by atoms with E-state index in [0.717, 1.165) is 18.2 Å². The van der Waals surface area contributed by atoms with E-state index in [0.29, 0.717) is 48.7 Å². The molecule has 190 valence electrons. The standard InChI is InChI=1S/C23H27F3N4O4S/c24-23(25,26)15-3-1-2-14(8-15)20(33)28-12-19(32)30(17-9-27-10-17)16-4-6-22(34,7-5-16)21-29-11-18(13-31)35-21/h1-3,8,11,16-17,27,31,34H,4-7,9-10,12-13H2,(H,28,33). The fourth-order valence-corrected chi connectivity index (χ4v) is 5.45. The number of nitrogens with zero attached hydrogens (tertiary/aromatic N) is 2. The lowest BCUT2D eigenvalue weighted by Crippen LogP contribution is -2.63. The largest absolute Gasteiger partial charge is 0.416 e. The average molecular weight is 513 g/mol. The van der Waals surface area contributed by atoms with Crippen LogP contribution in [0.5, 0.6) is 0 Å². The Bertz CT molecular complexity index is 1070. The van der Waals surface area contributed by atoms with E-state index in [9.17, 15) is 33.0 Å². The predicted octanol–water partition coefficient (Wildman–Crippen LogP) is 2.01. The van der Waals surface area contributed by atoms with Crippen LogP contribution in [0.3, 0.4) is 0 Å². The van der Waals surface area contributed by atoms with Gasteiger partial charge in [0.2, 0.25) is 5.91 Å². The first-order valence-electron chi connectivity index (χ1n) is 11.4. The highest BCUT2D eigenvalue weighted by molar-refractivity contribution is 7.11. The second kappa shape index (κ2) is 10.2. The Kier molecular flexibility index (Phi) is 7.46. The van der Waals surface area contributed by atoms with Gasteiger partial charge in [0.1, 0.15) is 10.6 Å². The van der Waals surface area contributed by atoms with E-state index < -0.39 is 23.2 Å². The van der Waals surface area contributed by atoms with Gasteiger partial charge >= 0.3 is 6.18 Å². The molecule has 2 heterocycles. The molecular formula is C23H27F3N4O4S. The Morgan fingerprint density at radius 1 is 1.23 bits per heavy atom. The number of alkyl halides is 3. The molecule has 4 rings (SSSR count). The van der Waals surface area contributed by atoms with Crippen LogP contribution < -0.4 is 10.6 Å². The molecule has 2 aromatic rings. The summed E-state index contributed by atoms with van der Waals surface area (Å²) in [5, 5.41) is 26.5. The third kappa shape index (κ3) is 5.66. The molecule has 2 fully saturated rings. The second-order valence-electron chi connectivity index (χ2n) is 8.93. The van der Waals surface area contributed by atoms with Crippen LogP contribution >= 0.6 is 11.3 Å². The van der Waals surface area contributed by atoms with Crippen molar-refractivity contribution in [1.29, 1.82) is 0 Å². The minimum absolute atomic E-state index is 0.0509. The molecule has 0 unspecified atom stereocenters. The van der Waals surface area contributed by atoms with Crippen molar-refractivity contribution in [2.75, 3.05) is 19.6 Å². The maximum absolute atomic E-state index is 13.1. The molecule has 0 bridgehead atoms. The molecule has 1 saturated heterocycles. The monoisotopic (exact) mass is 512 g/mol. The zero-order valence-electron chi connectivity index (χ0n) is 18.8. The number of aromatic nitrogens is 1. The van der Waals surface area contributed by atoms with Crippen LogP contribution in [0.15, 0.2) is 30.5 Å². The van der Waals surface area contributed by atoms with Gasteiger partial charge in [-0.3, -0.25) is 9.59 Å². The molecule has 1 aliphatic carbocycles. The molecule has 0 radical (unpaired) electrons. The molecule has 35 heavy (non-hydrogen) atoms. The van der Waals surface area contributed by atoms with Gasteiger partial charge in [-0.25, -0.2) is 4.98 Å². The smallest absolute Gasteiger partial charge is 0.391 e. The third-order valence-electron chi connectivity index (χ3n) is 6.58. The fourth-order valence-electron chi connectivity index (χ4n) is 4.53. The second-order valence-corrected chi connectivity index (χ2v) is 10.0. The maximum atomic E-state index is 13.1. The van der Waals surface area contributed by atoms with Crippen molar-refractivity contribution >= 4 is 23.2 Å². The molecule has 12 heteroatoms. The van der Waals surface area contributed by atoms with E-state index >= 15 is 0 Å². The number of halogens is 3. The molecule has 0 atom stereocenters. The quantitative estimate of drug-likeness (QED) is 0.451. The molecule has 1 aromatic heterocycles.